The van der Waals surface area contributed by atoms with Crippen molar-refractivity contribution in [1.82, 2.24) is 5.32 Å². The standard InChI is InChI=1S/C21H22N2O2/c24-20-9-4-14-23(20)17-12-10-16(11-13-17)21(25)22-19-8-3-6-15-5-1-2-7-18(15)19/h1-2,5,7,10-13,19H,3-4,6,8-9,14H2,(H,22,25)/t19-/m0/s1. The highest BCUT2D eigenvalue weighted by atomic mass is 16.2. The summed E-state index contributed by atoms with van der Waals surface area (Å²) >= 11 is 0. The summed E-state index contributed by atoms with van der Waals surface area (Å²) in [4.78, 5) is 26.2. The highest BCUT2D eigenvalue weighted by Crippen LogP contribution is 2.30. The zero-order valence-electron chi connectivity index (χ0n) is 14.2. The summed E-state index contributed by atoms with van der Waals surface area (Å²) in [5.74, 6) is 0.108. The highest BCUT2D eigenvalue weighted by molar-refractivity contribution is 5.97. The first-order valence-corrected chi connectivity index (χ1v) is 9.01. The molecule has 4 rings (SSSR count). The zero-order chi connectivity index (χ0) is 17.2. The second-order valence-electron chi connectivity index (χ2n) is 6.81. The minimum Gasteiger partial charge on any atom is -0.345 e. The monoisotopic (exact) mass is 334 g/mol. The number of nitrogens with one attached hydrogen (secondary N) is 1. The number of nitrogens with zero attached hydrogens (tertiary/aromatic N) is 1. The van der Waals surface area contributed by atoms with Crippen molar-refractivity contribution in [2.24, 2.45) is 0 Å². The maximum absolute atomic E-state index is 12.6. The number of hydrogen-bond acceptors (Lipinski definition) is 2. The Bertz CT molecular complexity index is 798. The third-order valence-corrected chi connectivity index (χ3v) is 5.19. The van der Waals surface area contributed by atoms with E-state index in [0.29, 0.717) is 12.0 Å². The van der Waals surface area contributed by atoms with E-state index in [4.69, 9.17) is 0 Å². The molecule has 1 fully saturated rings. The number of anilines is 1. The molecular formula is C21H22N2O2. The normalized spacial score (nSPS) is 19.6. The second-order valence-corrected chi connectivity index (χ2v) is 6.81. The van der Waals surface area contributed by atoms with Crippen LogP contribution in [0, 0.1) is 0 Å². The third kappa shape index (κ3) is 3.16. The van der Waals surface area contributed by atoms with Gasteiger partial charge in [0.15, 0.2) is 0 Å². The van der Waals surface area contributed by atoms with Gasteiger partial charge in [-0.2, -0.15) is 0 Å². The molecule has 1 saturated heterocycles. The molecule has 25 heavy (non-hydrogen) atoms. The summed E-state index contributed by atoms with van der Waals surface area (Å²) in [6.07, 6.45) is 4.67. The number of fused-ring (bicyclic) bond motifs is 1. The minimum absolute atomic E-state index is 0.0546. The molecule has 0 saturated carbocycles. The number of aryl methyl sites for hydroxylation is 1. The van der Waals surface area contributed by atoms with Gasteiger partial charge in [-0.25, -0.2) is 0 Å². The lowest BCUT2D eigenvalue weighted by molar-refractivity contribution is -0.117. The van der Waals surface area contributed by atoms with Crippen molar-refractivity contribution >= 4 is 17.5 Å². The molecule has 0 spiro atoms. The Morgan fingerprint density at radius 1 is 1.00 bits per heavy atom. The van der Waals surface area contributed by atoms with Crippen molar-refractivity contribution in [2.45, 2.75) is 38.1 Å². The van der Waals surface area contributed by atoms with Crippen molar-refractivity contribution < 1.29 is 9.59 Å². The van der Waals surface area contributed by atoms with Crippen LogP contribution in [0.2, 0.25) is 0 Å². The molecule has 1 heterocycles. The van der Waals surface area contributed by atoms with Crippen molar-refractivity contribution in [3.63, 3.8) is 0 Å². The first-order chi connectivity index (χ1) is 12.2. The van der Waals surface area contributed by atoms with Crippen molar-refractivity contribution in [3.05, 3.63) is 65.2 Å². The SMILES string of the molecule is O=C(N[C@H]1CCCc2ccccc21)c1ccc(N2CCCC2=O)cc1. The van der Waals surface area contributed by atoms with Crippen molar-refractivity contribution in [3.8, 4) is 0 Å². The summed E-state index contributed by atoms with van der Waals surface area (Å²) in [5.41, 5.74) is 4.09. The van der Waals surface area contributed by atoms with Crippen LogP contribution >= 0.6 is 0 Å². The Morgan fingerprint density at radius 2 is 1.80 bits per heavy atom. The average Bonchev–Trinajstić information content (AvgIpc) is 3.08. The largest absolute Gasteiger partial charge is 0.345 e. The van der Waals surface area contributed by atoms with Gasteiger partial charge >= 0.3 is 0 Å². The predicted octanol–water partition coefficient (Wildman–Crippen LogP) is 3.62. The average molecular weight is 334 g/mol. The van der Waals surface area contributed by atoms with E-state index in [0.717, 1.165) is 37.9 Å². The Morgan fingerprint density at radius 3 is 2.56 bits per heavy atom. The topological polar surface area (TPSA) is 49.4 Å². The van der Waals surface area contributed by atoms with Gasteiger partial charge in [0.1, 0.15) is 0 Å². The third-order valence-electron chi connectivity index (χ3n) is 5.19. The van der Waals surface area contributed by atoms with E-state index in [2.05, 4.69) is 23.5 Å². The number of carbonyl (C=O) groups excluding carboxylic acids is 2. The summed E-state index contributed by atoms with van der Waals surface area (Å²) in [6.45, 7) is 0.767. The second kappa shape index (κ2) is 6.71. The minimum atomic E-state index is -0.0546. The molecule has 0 unspecified atom stereocenters. The van der Waals surface area contributed by atoms with Crippen LogP contribution in [0.5, 0.6) is 0 Å². The molecule has 1 aliphatic heterocycles. The van der Waals surface area contributed by atoms with Gasteiger partial charge in [-0.1, -0.05) is 24.3 Å². The summed E-state index contributed by atoms with van der Waals surface area (Å²) in [6, 6.07) is 15.8. The molecule has 0 bridgehead atoms. The van der Waals surface area contributed by atoms with Crippen LogP contribution in [-0.4, -0.2) is 18.4 Å². The Kier molecular flexibility index (Phi) is 4.26. The molecule has 2 aromatic rings. The lowest BCUT2D eigenvalue weighted by Crippen LogP contribution is -2.31. The van der Waals surface area contributed by atoms with E-state index in [1.807, 2.05) is 30.3 Å². The molecule has 1 atom stereocenters. The molecule has 0 radical (unpaired) electrons. The van der Waals surface area contributed by atoms with Crippen LogP contribution in [0.25, 0.3) is 0 Å². The van der Waals surface area contributed by atoms with E-state index < -0.39 is 0 Å². The van der Waals surface area contributed by atoms with Crippen LogP contribution in [0.4, 0.5) is 5.69 Å². The lowest BCUT2D eigenvalue weighted by Gasteiger charge is -2.26. The number of rotatable bonds is 3. The molecule has 2 amide bonds. The Hall–Kier alpha value is -2.62. The molecule has 1 aliphatic carbocycles. The molecular weight excluding hydrogens is 312 g/mol. The van der Waals surface area contributed by atoms with Gasteiger partial charge in [-0.15, -0.1) is 0 Å². The number of amides is 2. The summed E-state index contributed by atoms with van der Waals surface area (Å²) < 4.78 is 0. The van der Waals surface area contributed by atoms with Gasteiger partial charge in [0.25, 0.3) is 5.91 Å². The lowest BCUT2D eigenvalue weighted by atomic mass is 9.87. The fourth-order valence-electron chi connectivity index (χ4n) is 3.86. The van der Waals surface area contributed by atoms with Gasteiger partial charge < -0.3 is 10.2 Å². The smallest absolute Gasteiger partial charge is 0.251 e. The van der Waals surface area contributed by atoms with E-state index >= 15 is 0 Å². The van der Waals surface area contributed by atoms with Crippen LogP contribution in [0.15, 0.2) is 48.5 Å². The molecule has 1 N–H and O–H groups in total. The van der Waals surface area contributed by atoms with Crippen molar-refractivity contribution in [2.75, 3.05) is 11.4 Å². The van der Waals surface area contributed by atoms with Gasteiger partial charge in [0, 0.05) is 24.2 Å². The fourth-order valence-corrected chi connectivity index (χ4v) is 3.86. The first-order valence-electron chi connectivity index (χ1n) is 9.01. The molecule has 128 valence electrons. The zero-order valence-corrected chi connectivity index (χ0v) is 14.2. The molecule has 0 aromatic heterocycles. The molecule has 4 nitrogen and oxygen atoms in total. The quantitative estimate of drug-likeness (QED) is 0.932. The molecule has 2 aromatic carbocycles. The maximum atomic E-state index is 12.6. The Labute approximate surface area is 147 Å². The van der Waals surface area contributed by atoms with Gasteiger partial charge in [0.05, 0.1) is 6.04 Å². The maximum Gasteiger partial charge on any atom is 0.251 e. The van der Waals surface area contributed by atoms with E-state index in [9.17, 15) is 9.59 Å². The van der Waals surface area contributed by atoms with E-state index in [1.54, 1.807) is 4.90 Å². The van der Waals surface area contributed by atoms with E-state index in [-0.39, 0.29) is 17.9 Å². The van der Waals surface area contributed by atoms with Crippen molar-refractivity contribution in [1.29, 1.82) is 0 Å². The van der Waals surface area contributed by atoms with Gasteiger partial charge in [0.2, 0.25) is 5.91 Å². The van der Waals surface area contributed by atoms with Crippen LogP contribution < -0.4 is 10.2 Å². The highest BCUT2D eigenvalue weighted by Gasteiger charge is 2.23. The fraction of sp³-hybridized carbons (Fsp3) is 0.333. The number of benzene rings is 2. The first kappa shape index (κ1) is 15.9. The van der Waals surface area contributed by atoms with Crippen LogP contribution in [0.1, 0.15) is 53.2 Å². The van der Waals surface area contributed by atoms with Gasteiger partial charge in [-0.05, 0) is 61.1 Å². The van der Waals surface area contributed by atoms with Gasteiger partial charge in [-0.3, -0.25) is 9.59 Å². The number of carbonyl (C=O) groups is 2. The summed E-state index contributed by atoms with van der Waals surface area (Å²) in [7, 11) is 0. The summed E-state index contributed by atoms with van der Waals surface area (Å²) in [5, 5.41) is 3.17. The van der Waals surface area contributed by atoms with Crippen LogP contribution in [-0.2, 0) is 11.2 Å². The number of hydrogen-bond donors (Lipinski definition) is 1. The van der Waals surface area contributed by atoms with E-state index in [1.165, 1.54) is 11.1 Å². The predicted molar refractivity (Wildman–Crippen MR) is 97.6 cm³/mol. The Balaban J connectivity index is 1.48. The van der Waals surface area contributed by atoms with Crippen LogP contribution in [0.3, 0.4) is 0 Å². The molecule has 4 heteroatoms. The molecule has 2 aliphatic rings.